The Morgan fingerprint density at radius 1 is 1.12 bits per heavy atom. The Kier molecular flexibility index (Phi) is 6.35. The van der Waals surface area contributed by atoms with Gasteiger partial charge in [-0.1, -0.05) is 0 Å². The number of nitrogens with one attached hydrogen (secondary N) is 1. The Labute approximate surface area is 144 Å². The highest BCUT2D eigenvalue weighted by atomic mass is 16.6. The van der Waals surface area contributed by atoms with Gasteiger partial charge in [0, 0.05) is 12.2 Å². The van der Waals surface area contributed by atoms with E-state index in [1.165, 1.54) is 0 Å². The number of hydrogen-bond acceptors (Lipinski definition) is 4. The van der Waals surface area contributed by atoms with E-state index in [0.29, 0.717) is 18.4 Å². The zero-order valence-electron chi connectivity index (χ0n) is 15.0. The van der Waals surface area contributed by atoms with Gasteiger partial charge in [0.25, 0.3) is 0 Å². The fourth-order valence-electron chi connectivity index (χ4n) is 2.92. The molecule has 1 amide bonds. The van der Waals surface area contributed by atoms with E-state index in [1.54, 1.807) is 0 Å². The van der Waals surface area contributed by atoms with Crippen molar-refractivity contribution in [3.05, 3.63) is 24.3 Å². The number of carbonyl (C=O) groups is 1. The number of nitrogens with two attached hydrogens (primary N) is 1. The van der Waals surface area contributed by atoms with Gasteiger partial charge in [-0.05, 0) is 82.6 Å². The molecule has 0 aliphatic heterocycles. The zero-order chi connectivity index (χ0) is 17.6. The summed E-state index contributed by atoms with van der Waals surface area (Å²) in [5.74, 6) is 1.99. The second-order valence-corrected chi connectivity index (χ2v) is 7.65. The molecule has 0 radical (unpaired) electrons. The number of benzene rings is 1. The van der Waals surface area contributed by atoms with Crippen molar-refractivity contribution in [1.82, 2.24) is 5.32 Å². The maximum Gasteiger partial charge on any atom is 0.407 e. The molecule has 1 aromatic carbocycles. The first-order valence-corrected chi connectivity index (χ1v) is 8.77. The molecule has 1 aliphatic rings. The van der Waals surface area contributed by atoms with Gasteiger partial charge in [-0.2, -0.15) is 0 Å². The van der Waals surface area contributed by atoms with Gasteiger partial charge < -0.3 is 20.5 Å². The van der Waals surface area contributed by atoms with Crippen LogP contribution in [0.1, 0.15) is 46.5 Å². The van der Waals surface area contributed by atoms with Crippen molar-refractivity contribution in [1.29, 1.82) is 0 Å². The lowest BCUT2D eigenvalue weighted by atomic mass is 9.82. The maximum absolute atomic E-state index is 11.7. The lowest BCUT2D eigenvalue weighted by molar-refractivity contribution is 0.0511. The molecule has 1 saturated carbocycles. The molecule has 3 N–H and O–H groups in total. The van der Waals surface area contributed by atoms with Crippen LogP contribution in [-0.2, 0) is 4.74 Å². The number of amides is 1. The minimum Gasteiger partial charge on any atom is -0.493 e. The number of hydrogen-bond donors (Lipinski definition) is 2. The van der Waals surface area contributed by atoms with E-state index < -0.39 is 5.60 Å². The fourth-order valence-corrected chi connectivity index (χ4v) is 2.92. The van der Waals surface area contributed by atoms with Crippen LogP contribution >= 0.6 is 0 Å². The summed E-state index contributed by atoms with van der Waals surface area (Å²) in [6.45, 7) is 7.06. The van der Waals surface area contributed by atoms with Crippen LogP contribution in [0.4, 0.5) is 10.5 Å². The Morgan fingerprint density at radius 3 is 2.29 bits per heavy atom. The molecule has 0 unspecified atom stereocenters. The Balaban J connectivity index is 1.62. The van der Waals surface area contributed by atoms with E-state index in [-0.39, 0.29) is 6.09 Å². The third-order valence-electron chi connectivity index (χ3n) is 4.27. The van der Waals surface area contributed by atoms with Crippen LogP contribution in [0.25, 0.3) is 0 Å². The molecule has 0 heterocycles. The van der Waals surface area contributed by atoms with Crippen molar-refractivity contribution in [3.63, 3.8) is 0 Å². The second-order valence-electron chi connectivity index (χ2n) is 7.65. The lowest BCUT2D eigenvalue weighted by Crippen LogP contribution is -2.36. The molecule has 1 aliphatic carbocycles. The second kappa shape index (κ2) is 8.27. The van der Waals surface area contributed by atoms with Crippen molar-refractivity contribution in [2.24, 2.45) is 11.8 Å². The quantitative estimate of drug-likeness (QED) is 0.799. The minimum absolute atomic E-state index is 0.323. The average Bonchev–Trinajstić information content (AvgIpc) is 2.52. The first-order chi connectivity index (χ1) is 11.3. The van der Waals surface area contributed by atoms with Crippen LogP contribution in [0.3, 0.4) is 0 Å². The Morgan fingerprint density at radius 2 is 1.71 bits per heavy atom. The molecule has 0 spiro atoms. The van der Waals surface area contributed by atoms with Gasteiger partial charge in [0.05, 0.1) is 6.61 Å². The number of anilines is 1. The molecule has 5 heteroatoms. The van der Waals surface area contributed by atoms with Crippen molar-refractivity contribution < 1.29 is 14.3 Å². The van der Waals surface area contributed by atoms with Crippen LogP contribution in [0.5, 0.6) is 5.75 Å². The minimum atomic E-state index is -0.443. The summed E-state index contributed by atoms with van der Waals surface area (Å²) in [7, 11) is 0. The van der Waals surface area contributed by atoms with E-state index in [4.69, 9.17) is 15.2 Å². The molecular weight excluding hydrogens is 304 g/mol. The molecule has 134 valence electrons. The van der Waals surface area contributed by atoms with Crippen LogP contribution < -0.4 is 15.8 Å². The van der Waals surface area contributed by atoms with Gasteiger partial charge in [-0.25, -0.2) is 4.79 Å². The predicted octanol–water partition coefficient (Wildman–Crippen LogP) is 3.98. The normalized spacial score (nSPS) is 21.1. The van der Waals surface area contributed by atoms with Crippen molar-refractivity contribution in [3.8, 4) is 5.75 Å². The molecule has 1 fully saturated rings. The fraction of sp³-hybridized carbons (Fsp3) is 0.632. The van der Waals surface area contributed by atoms with E-state index in [0.717, 1.165) is 43.7 Å². The summed E-state index contributed by atoms with van der Waals surface area (Å²) in [5, 5.41) is 2.88. The predicted molar refractivity (Wildman–Crippen MR) is 96.0 cm³/mol. The standard InChI is InChI=1S/C19H30N2O3/c1-19(2,3)24-18(22)21-12-14-4-6-15(7-5-14)13-23-17-10-8-16(20)9-11-17/h8-11,14-15H,4-7,12-13,20H2,1-3H3,(H,21,22). The number of alkyl carbamates (subject to hydrolysis) is 1. The van der Waals surface area contributed by atoms with Gasteiger partial charge in [-0.3, -0.25) is 0 Å². The number of ether oxygens (including phenoxy) is 2. The molecule has 2 rings (SSSR count). The van der Waals surface area contributed by atoms with E-state index in [9.17, 15) is 4.79 Å². The first kappa shape index (κ1) is 18.4. The molecule has 0 saturated heterocycles. The summed E-state index contributed by atoms with van der Waals surface area (Å²) in [6, 6.07) is 7.53. The molecule has 0 aromatic heterocycles. The van der Waals surface area contributed by atoms with Crippen molar-refractivity contribution in [2.75, 3.05) is 18.9 Å². The van der Waals surface area contributed by atoms with Crippen LogP contribution in [0.2, 0.25) is 0 Å². The van der Waals surface area contributed by atoms with Gasteiger partial charge in [0.2, 0.25) is 0 Å². The van der Waals surface area contributed by atoms with Crippen molar-refractivity contribution >= 4 is 11.8 Å². The third kappa shape index (κ3) is 6.69. The smallest absolute Gasteiger partial charge is 0.407 e. The molecule has 24 heavy (non-hydrogen) atoms. The molecule has 5 nitrogen and oxygen atoms in total. The van der Waals surface area contributed by atoms with Gasteiger partial charge in [-0.15, -0.1) is 0 Å². The highest BCUT2D eigenvalue weighted by molar-refractivity contribution is 5.67. The largest absolute Gasteiger partial charge is 0.493 e. The summed E-state index contributed by atoms with van der Waals surface area (Å²) in [5.41, 5.74) is 5.98. The monoisotopic (exact) mass is 334 g/mol. The highest BCUT2D eigenvalue weighted by Crippen LogP contribution is 2.29. The SMILES string of the molecule is CC(C)(C)OC(=O)NCC1CCC(COc2ccc(N)cc2)CC1. The maximum atomic E-state index is 11.7. The van der Waals surface area contributed by atoms with Gasteiger partial charge >= 0.3 is 6.09 Å². The topological polar surface area (TPSA) is 73.6 Å². The first-order valence-electron chi connectivity index (χ1n) is 8.77. The number of nitrogen functional groups attached to an aromatic ring is 1. The Bertz CT molecular complexity index is 514. The van der Waals surface area contributed by atoms with E-state index >= 15 is 0 Å². The van der Waals surface area contributed by atoms with E-state index in [2.05, 4.69) is 5.32 Å². The molecule has 1 aromatic rings. The Hall–Kier alpha value is -1.91. The summed E-state index contributed by atoms with van der Waals surface area (Å²) in [6.07, 6.45) is 4.18. The number of carbonyl (C=O) groups excluding carboxylic acids is 1. The van der Waals surface area contributed by atoms with E-state index in [1.807, 2.05) is 45.0 Å². The molecule has 0 bridgehead atoms. The van der Waals surface area contributed by atoms with Gasteiger partial charge in [0.15, 0.2) is 0 Å². The molecular formula is C19H30N2O3. The highest BCUT2D eigenvalue weighted by Gasteiger charge is 2.23. The summed E-state index contributed by atoms with van der Waals surface area (Å²) < 4.78 is 11.1. The van der Waals surface area contributed by atoms with Crippen LogP contribution in [0.15, 0.2) is 24.3 Å². The van der Waals surface area contributed by atoms with Crippen LogP contribution in [-0.4, -0.2) is 24.8 Å². The third-order valence-corrected chi connectivity index (χ3v) is 4.27. The average molecular weight is 334 g/mol. The number of rotatable bonds is 5. The van der Waals surface area contributed by atoms with Gasteiger partial charge in [0.1, 0.15) is 11.4 Å². The summed E-state index contributed by atoms with van der Waals surface area (Å²) in [4.78, 5) is 11.7. The molecule has 0 atom stereocenters. The van der Waals surface area contributed by atoms with Crippen molar-refractivity contribution in [2.45, 2.75) is 52.1 Å². The van der Waals surface area contributed by atoms with Crippen LogP contribution in [0, 0.1) is 11.8 Å². The summed E-state index contributed by atoms with van der Waals surface area (Å²) >= 11 is 0. The lowest BCUT2D eigenvalue weighted by Gasteiger charge is -2.29. The zero-order valence-corrected chi connectivity index (χ0v) is 15.0.